The average Bonchev–Trinajstić information content (AvgIpc) is 2.29. The van der Waals surface area contributed by atoms with Crippen LogP contribution in [0.25, 0.3) is 0 Å². The number of hydrogen-bond acceptors (Lipinski definition) is 3. The summed E-state index contributed by atoms with van der Waals surface area (Å²) in [6, 6.07) is 5.71. The van der Waals surface area contributed by atoms with E-state index >= 15 is 0 Å². The number of benzene rings is 1. The Bertz CT molecular complexity index is 401. The number of rotatable bonds is 5. The van der Waals surface area contributed by atoms with Crippen LogP contribution in [0.4, 0.5) is 13.2 Å². The van der Waals surface area contributed by atoms with Gasteiger partial charge in [0.05, 0.1) is 6.61 Å². The second-order valence-electron chi connectivity index (χ2n) is 5.02. The molecule has 0 aliphatic heterocycles. The van der Waals surface area contributed by atoms with Crippen LogP contribution >= 0.6 is 0 Å². The third-order valence-electron chi connectivity index (χ3n) is 3.00. The van der Waals surface area contributed by atoms with Crippen molar-refractivity contribution in [2.45, 2.75) is 32.3 Å². The van der Waals surface area contributed by atoms with Gasteiger partial charge in [-0.2, -0.15) is 0 Å². The summed E-state index contributed by atoms with van der Waals surface area (Å²) in [5, 5.41) is 9.23. The molecule has 0 bridgehead atoms. The fourth-order valence-corrected chi connectivity index (χ4v) is 1.41. The molecule has 0 fully saturated rings. The summed E-state index contributed by atoms with van der Waals surface area (Å²) in [6.07, 6.45) is -4.67. The molecule has 0 heterocycles. The Labute approximate surface area is 110 Å². The minimum atomic E-state index is -4.67. The van der Waals surface area contributed by atoms with Crippen LogP contribution in [0.1, 0.15) is 19.4 Å². The first-order valence-corrected chi connectivity index (χ1v) is 5.81. The zero-order chi connectivity index (χ0) is 14.7. The maximum atomic E-state index is 12.0. The predicted octanol–water partition coefficient (Wildman–Crippen LogP) is 2.79. The number of ether oxygens (including phenoxy) is 1. The smallest absolute Gasteiger partial charge is 0.406 e. The SMILES string of the molecule is CN(Cc1ccc(OC(F)(F)F)cc1)C(C)(C)CO. The molecule has 1 rings (SSSR count). The molecule has 0 spiro atoms. The molecule has 3 nitrogen and oxygen atoms in total. The van der Waals surface area contributed by atoms with Crippen LogP contribution in [0.5, 0.6) is 5.75 Å². The van der Waals surface area contributed by atoms with Crippen LogP contribution < -0.4 is 4.74 Å². The molecular weight excluding hydrogens is 259 g/mol. The van der Waals surface area contributed by atoms with Crippen LogP contribution in [0, 0.1) is 0 Å². The van der Waals surface area contributed by atoms with Crippen molar-refractivity contribution in [3.05, 3.63) is 29.8 Å². The van der Waals surface area contributed by atoms with Crippen LogP contribution in [0.3, 0.4) is 0 Å². The minimum absolute atomic E-state index is 0.00122. The Morgan fingerprint density at radius 1 is 1.16 bits per heavy atom. The molecule has 1 aromatic carbocycles. The Hall–Kier alpha value is -1.27. The van der Waals surface area contributed by atoms with Gasteiger partial charge in [0.2, 0.25) is 0 Å². The van der Waals surface area contributed by atoms with E-state index in [0.717, 1.165) is 5.56 Å². The summed E-state index contributed by atoms with van der Waals surface area (Å²) >= 11 is 0. The Morgan fingerprint density at radius 3 is 2.11 bits per heavy atom. The van der Waals surface area contributed by atoms with Crippen molar-refractivity contribution >= 4 is 0 Å². The summed E-state index contributed by atoms with van der Waals surface area (Å²) in [5.74, 6) is -0.236. The lowest BCUT2D eigenvalue weighted by atomic mass is 10.0. The fraction of sp³-hybridized carbons (Fsp3) is 0.538. The highest BCUT2D eigenvalue weighted by Crippen LogP contribution is 2.23. The molecule has 0 saturated heterocycles. The lowest BCUT2D eigenvalue weighted by Gasteiger charge is -2.33. The van der Waals surface area contributed by atoms with Gasteiger partial charge < -0.3 is 9.84 Å². The molecular formula is C13H18F3NO2. The van der Waals surface area contributed by atoms with Crippen molar-refractivity contribution in [1.29, 1.82) is 0 Å². The summed E-state index contributed by atoms with van der Waals surface area (Å²) < 4.78 is 39.8. The highest BCUT2D eigenvalue weighted by Gasteiger charge is 2.31. The van der Waals surface area contributed by atoms with Crippen molar-refractivity contribution in [2.75, 3.05) is 13.7 Å². The Kier molecular flexibility index (Phi) is 4.81. The summed E-state index contributed by atoms with van der Waals surface area (Å²) in [4.78, 5) is 1.92. The minimum Gasteiger partial charge on any atom is -0.406 e. The first-order valence-electron chi connectivity index (χ1n) is 5.81. The largest absolute Gasteiger partial charge is 0.573 e. The van der Waals surface area contributed by atoms with E-state index in [2.05, 4.69) is 4.74 Å². The standard InChI is InChI=1S/C13H18F3NO2/c1-12(2,9-18)17(3)8-10-4-6-11(7-5-10)19-13(14,15)16/h4-7,18H,8-9H2,1-3H3. The van der Waals surface area contributed by atoms with Gasteiger partial charge >= 0.3 is 6.36 Å². The highest BCUT2D eigenvalue weighted by atomic mass is 19.4. The molecule has 0 aromatic heterocycles. The van der Waals surface area contributed by atoms with Gasteiger partial charge in [0.15, 0.2) is 0 Å². The Balaban J connectivity index is 2.67. The molecule has 0 unspecified atom stereocenters. The second kappa shape index (κ2) is 5.79. The van der Waals surface area contributed by atoms with Gasteiger partial charge in [-0.05, 0) is 38.6 Å². The number of likely N-dealkylation sites (N-methyl/N-ethyl adjacent to an activating group) is 1. The van der Waals surface area contributed by atoms with Crippen LogP contribution in [0.2, 0.25) is 0 Å². The molecule has 0 atom stereocenters. The number of aliphatic hydroxyl groups excluding tert-OH is 1. The molecule has 0 aliphatic carbocycles. The molecule has 19 heavy (non-hydrogen) atoms. The van der Waals surface area contributed by atoms with Gasteiger partial charge in [-0.1, -0.05) is 12.1 Å². The van der Waals surface area contributed by atoms with E-state index in [1.165, 1.54) is 12.1 Å². The van der Waals surface area contributed by atoms with Crippen molar-refractivity contribution in [3.8, 4) is 5.75 Å². The van der Waals surface area contributed by atoms with Crippen molar-refractivity contribution in [1.82, 2.24) is 4.90 Å². The van der Waals surface area contributed by atoms with E-state index in [4.69, 9.17) is 0 Å². The van der Waals surface area contributed by atoms with Gasteiger partial charge in [0, 0.05) is 12.1 Å². The number of halogens is 3. The maximum Gasteiger partial charge on any atom is 0.573 e. The van der Waals surface area contributed by atoms with Crippen LogP contribution in [-0.4, -0.2) is 35.6 Å². The van der Waals surface area contributed by atoms with Gasteiger partial charge in [-0.25, -0.2) is 0 Å². The number of alkyl halides is 3. The normalized spacial score (nSPS) is 12.8. The molecule has 0 radical (unpaired) electrons. The molecule has 6 heteroatoms. The molecule has 0 amide bonds. The predicted molar refractivity (Wildman–Crippen MR) is 65.8 cm³/mol. The first kappa shape index (κ1) is 15.8. The van der Waals surface area contributed by atoms with E-state index in [9.17, 15) is 18.3 Å². The maximum absolute atomic E-state index is 12.0. The summed E-state index contributed by atoms with van der Waals surface area (Å²) in [7, 11) is 1.84. The van der Waals surface area contributed by atoms with Crippen LogP contribution in [-0.2, 0) is 6.54 Å². The topological polar surface area (TPSA) is 32.7 Å². The molecule has 0 aliphatic rings. The van der Waals surface area contributed by atoms with E-state index in [-0.39, 0.29) is 17.9 Å². The summed E-state index contributed by atoms with van der Waals surface area (Å²) in [5.41, 5.74) is 0.458. The third kappa shape index (κ3) is 5.08. The monoisotopic (exact) mass is 277 g/mol. The van der Waals surface area contributed by atoms with Crippen molar-refractivity contribution < 1.29 is 23.0 Å². The van der Waals surface area contributed by atoms with Gasteiger partial charge in [-0.15, -0.1) is 13.2 Å². The number of nitrogens with zero attached hydrogens (tertiary/aromatic N) is 1. The Morgan fingerprint density at radius 2 is 1.68 bits per heavy atom. The number of hydrogen-bond donors (Lipinski definition) is 1. The zero-order valence-corrected chi connectivity index (χ0v) is 11.2. The lowest BCUT2D eigenvalue weighted by molar-refractivity contribution is -0.274. The molecule has 0 saturated carbocycles. The quantitative estimate of drug-likeness (QED) is 0.898. The first-order chi connectivity index (χ1) is 8.64. The van der Waals surface area contributed by atoms with E-state index in [0.29, 0.717) is 6.54 Å². The lowest BCUT2D eigenvalue weighted by Crippen LogP contribution is -2.43. The van der Waals surface area contributed by atoms with Gasteiger partial charge in [0.25, 0.3) is 0 Å². The van der Waals surface area contributed by atoms with E-state index < -0.39 is 6.36 Å². The second-order valence-corrected chi connectivity index (χ2v) is 5.02. The third-order valence-corrected chi connectivity index (χ3v) is 3.00. The highest BCUT2D eigenvalue weighted by molar-refractivity contribution is 5.27. The van der Waals surface area contributed by atoms with Crippen molar-refractivity contribution in [3.63, 3.8) is 0 Å². The van der Waals surface area contributed by atoms with Crippen molar-refractivity contribution in [2.24, 2.45) is 0 Å². The average molecular weight is 277 g/mol. The van der Waals surface area contributed by atoms with E-state index in [1.807, 2.05) is 25.8 Å². The molecule has 1 aromatic rings. The van der Waals surface area contributed by atoms with E-state index in [1.54, 1.807) is 12.1 Å². The molecule has 1 N–H and O–H groups in total. The fourth-order valence-electron chi connectivity index (χ4n) is 1.41. The summed E-state index contributed by atoms with van der Waals surface area (Å²) in [6.45, 7) is 4.29. The van der Waals surface area contributed by atoms with Gasteiger partial charge in [-0.3, -0.25) is 4.90 Å². The van der Waals surface area contributed by atoms with Crippen LogP contribution in [0.15, 0.2) is 24.3 Å². The van der Waals surface area contributed by atoms with Gasteiger partial charge in [0.1, 0.15) is 5.75 Å². The molecule has 108 valence electrons. The number of aliphatic hydroxyl groups is 1. The zero-order valence-electron chi connectivity index (χ0n) is 11.2.